The van der Waals surface area contributed by atoms with Crippen molar-refractivity contribution in [3.8, 4) is 0 Å². The minimum atomic E-state index is -1.06. The van der Waals surface area contributed by atoms with Gasteiger partial charge in [-0.15, -0.1) is 10.2 Å². The zero-order chi connectivity index (χ0) is 20.3. The van der Waals surface area contributed by atoms with Gasteiger partial charge in [-0.1, -0.05) is 45.2 Å². The molecule has 9 nitrogen and oxygen atoms in total. The minimum Gasteiger partial charge on any atom is -0.374 e. The zero-order valence-corrected chi connectivity index (χ0v) is 16.1. The highest BCUT2D eigenvalue weighted by molar-refractivity contribution is 5.85. The molecule has 0 bridgehead atoms. The maximum absolute atomic E-state index is 12.5. The number of amides is 1. The number of ether oxygens (including phenoxy) is 1. The number of hydrogen-bond acceptors (Lipinski definition) is 6. The molecule has 0 unspecified atom stereocenters. The van der Waals surface area contributed by atoms with Gasteiger partial charge in [-0.05, 0) is 19.4 Å². The molecule has 164 valence electrons. The van der Waals surface area contributed by atoms with Crippen molar-refractivity contribution < 1.29 is 9.53 Å². The van der Waals surface area contributed by atoms with Crippen LogP contribution in [0.1, 0.15) is 46.1 Å². The van der Waals surface area contributed by atoms with Gasteiger partial charge in [-0.3, -0.25) is 18.6 Å². The Kier molecular flexibility index (Phi) is 8.44. The summed E-state index contributed by atoms with van der Waals surface area (Å²) in [6.07, 6.45) is 1.58. The first-order valence-electron chi connectivity index (χ1n) is 8.89. The van der Waals surface area contributed by atoms with Crippen molar-refractivity contribution in [2.75, 3.05) is 6.61 Å². The van der Waals surface area contributed by atoms with Crippen molar-refractivity contribution >= 4 is 11.7 Å². The Labute approximate surface area is 176 Å². The smallest absolute Gasteiger partial charge is 0.254 e. The molecule has 30 heavy (non-hydrogen) atoms. The average molecular weight is 417 g/mol. The Morgan fingerprint density at radius 1 is 1.20 bits per heavy atom. The lowest BCUT2D eigenvalue weighted by atomic mass is 10.1. The highest BCUT2D eigenvalue weighted by Crippen LogP contribution is 2.15. The summed E-state index contributed by atoms with van der Waals surface area (Å²) in [6.45, 7) is 3.79. The van der Waals surface area contributed by atoms with Crippen LogP contribution in [-0.2, 0) is 23.2 Å². The number of nitrogens with two attached hydrogens (primary N) is 1. The van der Waals surface area contributed by atoms with Gasteiger partial charge < -0.3 is 15.8 Å². The fourth-order valence-electron chi connectivity index (χ4n) is 2.65. The summed E-state index contributed by atoms with van der Waals surface area (Å²) in [5.41, 5.74) is 5.67. The van der Waals surface area contributed by atoms with Gasteiger partial charge in [-0.2, -0.15) is 0 Å². The molecule has 1 atom stereocenters. The van der Waals surface area contributed by atoms with Crippen molar-refractivity contribution in [1.29, 1.82) is 0 Å². The van der Waals surface area contributed by atoms with Gasteiger partial charge in [0.25, 0.3) is 5.56 Å². The summed E-state index contributed by atoms with van der Waals surface area (Å²) in [5.74, 6) is 0.482. The number of aromatic nitrogens is 4. The highest BCUT2D eigenvalue weighted by atomic mass is 16.5. The van der Waals surface area contributed by atoms with E-state index >= 15 is 0 Å². The standard InChI is InChI=1S/C19H24N6O3.2CH4/c1-19(2,20)17(27)21-14(12-28-11-13-7-5-4-6-8-13)16-22-23-18-24(3)15(26)9-10-25(16)18;;/h4-10,14H,11-12,20H2,1-3H3,(H,21,27);2*1H4/t14-;;/m1../s1. The van der Waals surface area contributed by atoms with E-state index in [1.54, 1.807) is 31.5 Å². The van der Waals surface area contributed by atoms with Crippen molar-refractivity contribution in [2.24, 2.45) is 12.8 Å². The van der Waals surface area contributed by atoms with Gasteiger partial charge in [0.05, 0.1) is 18.8 Å². The van der Waals surface area contributed by atoms with Gasteiger partial charge in [0, 0.05) is 19.3 Å². The van der Waals surface area contributed by atoms with Gasteiger partial charge in [0.15, 0.2) is 5.82 Å². The Hall–Kier alpha value is -3.04. The summed E-state index contributed by atoms with van der Waals surface area (Å²) in [4.78, 5) is 24.3. The fourth-order valence-corrected chi connectivity index (χ4v) is 2.65. The molecule has 3 rings (SSSR count). The minimum absolute atomic E-state index is 0. The third-order valence-electron chi connectivity index (χ3n) is 4.30. The summed E-state index contributed by atoms with van der Waals surface area (Å²) in [7, 11) is 1.61. The molecule has 0 saturated carbocycles. The predicted molar refractivity (Wildman–Crippen MR) is 117 cm³/mol. The SMILES string of the molecule is C.C.Cn1c(=O)ccn2c([C@@H](COCc3ccccc3)NC(=O)C(C)(C)N)nnc12. The maximum atomic E-state index is 12.5. The molecule has 0 spiro atoms. The predicted octanol–water partition coefficient (Wildman–Crippen LogP) is 1.81. The Morgan fingerprint density at radius 3 is 2.50 bits per heavy atom. The number of hydrogen-bond donors (Lipinski definition) is 2. The van der Waals surface area contributed by atoms with Crippen LogP contribution in [0.5, 0.6) is 0 Å². The monoisotopic (exact) mass is 416 g/mol. The van der Waals surface area contributed by atoms with E-state index in [0.29, 0.717) is 18.2 Å². The topological polar surface area (TPSA) is 117 Å². The molecule has 3 N–H and O–H groups in total. The summed E-state index contributed by atoms with van der Waals surface area (Å²) < 4.78 is 8.85. The highest BCUT2D eigenvalue weighted by Gasteiger charge is 2.28. The molecule has 0 aliphatic rings. The van der Waals surface area contributed by atoms with Gasteiger partial charge in [0.2, 0.25) is 11.7 Å². The number of benzene rings is 1. The number of fused-ring (bicyclic) bond motifs is 1. The van der Waals surface area contributed by atoms with Crippen LogP contribution in [0.15, 0.2) is 47.4 Å². The lowest BCUT2D eigenvalue weighted by Gasteiger charge is -2.23. The molecule has 0 aliphatic carbocycles. The van der Waals surface area contributed by atoms with E-state index in [1.807, 2.05) is 30.3 Å². The van der Waals surface area contributed by atoms with Gasteiger partial charge in [0.1, 0.15) is 6.04 Å². The summed E-state index contributed by atoms with van der Waals surface area (Å²) >= 11 is 0. The molecule has 1 aromatic carbocycles. The molecule has 3 aromatic rings. The van der Waals surface area contributed by atoms with Gasteiger partial charge >= 0.3 is 0 Å². The van der Waals surface area contributed by atoms with Crippen LogP contribution < -0.4 is 16.6 Å². The van der Waals surface area contributed by atoms with Crippen LogP contribution >= 0.6 is 0 Å². The first-order valence-corrected chi connectivity index (χ1v) is 8.89. The Morgan fingerprint density at radius 2 is 1.87 bits per heavy atom. The second-order valence-corrected chi connectivity index (χ2v) is 7.19. The van der Waals surface area contributed by atoms with Crippen LogP contribution in [0, 0.1) is 0 Å². The molecular formula is C21H32N6O3. The molecule has 0 fully saturated rings. The normalized spacial score (nSPS) is 12.0. The third kappa shape index (κ3) is 5.52. The van der Waals surface area contributed by atoms with E-state index in [1.165, 1.54) is 10.6 Å². The van der Waals surface area contributed by atoms with Crippen molar-refractivity contribution in [3.05, 3.63) is 64.3 Å². The number of aryl methyl sites for hydroxylation is 1. The maximum Gasteiger partial charge on any atom is 0.254 e. The summed E-state index contributed by atoms with van der Waals surface area (Å²) in [6, 6.07) is 10.5. The second-order valence-electron chi connectivity index (χ2n) is 7.19. The molecule has 1 amide bonds. The zero-order valence-electron chi connectivity index (χ0n) is 16.1. The quantitative estimate of drug-likeness (QED) is 0.607. The second kappa shape index (κ2) is 10.1. The number of nitrogens with one attached hydrogen (secondary N) is 1. The van der Waals surface area contributed by atoms with Crippen molar-refractivity contribution in [3.63, 3.8) is 0 Å². The number of rotatable bonds is 7. The molecule has 0 radical (unpaired) electrons. The van der Waals surface area contributed by atoms with Crippen molar-refractivity contribution in [1.82, 2.24) is 24.5 Å². The van der Waals surface area contributed by atoms with Crippen LogP contribution in [0.3, 0.4) is 0 Å². The van der Waals surface area contributed by atoms with E-state index in [-0.39, 0.29) is 32.9 Å². The molecule has 2 aromatic heterocycles. The number of carbonyl (C=O) groups is 1. The van der Waals surface area contributed by atoms with E-state index in [0.717, 1.165) is 5.56 Å². The average Bonchev–Trinajstić information content (AvgIpc) is 3.08. The lowest BCUT2D eigenvalue weighted by molar-refractivity contribution is -0.126. The van der Waals surface area contributed by atoms with E-state index in [4.69, 9.17) is 10.5 Å². The number of nitrogens with zero attached hydrogens (tertiary/aromatic N) is 4. The van der Waals surface area contributed by atoms with E-state index in [2.05, 4.69) is 15.5 Å². The Balaban J connectivity index is 0.00000225. The van der Waals surface area contributed by atoms with Crippen LogP contribution in [-0.4, -0.2) is 37.2 Å². The van der Waals surface area contributed by atoms with Crippen LogP contribution in [0.2, 0.25) is 0 Å². The largest absolute Gasteiger partial charge is 0.374 e. The molecule has 0 aliphatic heterocycles. The molecule has 0 saturated heterocycles. The fraction of sp³-hybridized carbons (Fsp3) is 0.429. The lowest BCUT2D eigenvalue weighted by Crippen LogP contribution is -2.51. The summed E-state index contributed by atoms with van der Waals surface area (Å²) in [5, 5.41) is 11.1. The Bertz CT molecular complexity index is 1020. The third-order valence-corrected chi connectivity index (χ3v) is 4.30. The molecule has 2 heterocycles. The van der Waals surface area contributed by atoms with Crippen molar-refractivity contribution in [2.45, 2.75) is 46.9 Å². The number of carbonyl (C=O) groups excluding carboxylic acids is 1. The molecular weight excluding hydrogens is 384 g/mol. The first kappa shape index (κ1) is 25.0. The van der Waals surface area contributed by atoms with Crippen LogP contribution in [0.25, 0.3) is 5.78 Å². The molecule has 9 heteroatoms. The van der Waals surface area contributed by atoms with E-state index in [9.17, 15) is 9.59 Å². The first-order chi connectivity index (χ1) is 13.3. The van der Waals surface area contributed by atoms with E-state index < -0.39 is 11.6 Å². The van der Waals surface area contributed by atoms with Gasteiger partial charge in [-0.25, -0.2) is 0 Å². The van der Waals surface area contributed by atoms with Crippen LogP contribution in [0.4, 0.5) is 0 Å².